The SMILES string of the molecule is CN(C)CCOC(=O)C(O)(c1ccccc1)c1cccnc1. The molecule has 0 aliphatic carbocycles. The quantitative estimate of drug-likeness (QED) is 0.818. The largest absolute Gasteiger partial charge is 0.462 e. The van der Waals surface area contributed by atoms with Gasteiger partial charge < -0.3 is 14.7 Å². The van der Waals surface area contributed by atoms with Gasteiger partial charge >= 0.3 is 5.97 Å². The highest BCUT2D eigenvalue weighted by atomic mass is 16.5. The molecule has 0 saturated heterocycles. The average Bonchev–Trinajstić information content (AvgIpc) is 2.55. The van der Waals surface area contributed by atoms with Crippen molar-refractivity contribution in [3.63, 3.8) is 0 Å². The summed E-state index contributed by atoms with van der Waals surface area (Å²) in [5.41, 5.74) is -1.02. The lowest BCUT2D eigenvalue weighted by Crippen LogP contribution is -2.39. The van der Waals surface area contributed by atoms with Gasteiger partial charge in [-0.15, -0.1) is 0 Å². The monoisotopic (exact) mass is 300 g/mol. The number of aliphatic hydroxyl groups is 1. The molecule has 0 saturated carbocycles. The van der Waals surface area contributed by atoms with Crippen molar-refractivity contribution in [2.75, 3.05) is 27.2 Å². The Labute approximate surface area is 130 Å². The number of hydrogen-bond acceptors (Lipinski definition) is 5. The molecule has 1 heterocycles. The molecule has 1 aromatic carbocycles. The molecule has 2 aromatic rings. The Morgan fingerprint density at radius 1 is 1.18 bits per heavy atom. The van der Waals surface area contributed by atoms with E-state index in [2.05, 4.69) is 4.98 Å². The van der Waals surface area contributed by atoms with E-state index in [0.29, 0.717) is 17.7 Å². The Morgan fingerprint density at radius 2 is 1.86 bits per heavy atom. The topological polar surface area (TPSA) is 62.7 Å². The molecule has 1 aromatic heterocycles. The molecule has 0 radical (unpaired) electrons. The van der Waals surface area contributed by atoms with Gasteiger partial charge in [-0.25, -0.2) is 4.79 Å². The first-order valence-corrected chi connectivity index (χ1v) is 7.05. The van der Waals surface area contributed by atoms with E-state index >= 15 is 0 Å². The van der Waals surface area contributed by atoms with E-state index in [1.165, 1.54) is 6.20 Å². The zero-order valence-corrected chi connectivity index (χ0v) is 12.8. The minimum absolute atomic E-state index is 0.210. The Morgan fingerprint density at radius 3 is 2.45 bits per heavy atom. The van der Waals surface area contributed by atoms with Gasteiger partial charge in [0, 0.05) is 24.5 Å². The summed E-state index contributed by atoms with van der Waals surface area (Å²) in [6, 6.07) is 12.1. The van der Waals surface area contributed by atoms with Crippen molar-refractivity contribution < 1.29 is 14.6 Å². The molecule has 1 N–H and O–H groups in total. The standard InChI is InChI=1S/C17H20N2O3/c1-19(2)11-12-22-16(20)17(21,14-7-4-3-5-8-14)15-9-6-10-18-13-15/h3-10,13,21H,11-12H2,1-2H3. The van der Waals surface area contributed by atoms with Crippen LogP contribution >= 0.6 is 0 Å². The summed E-state index contributed by atoms with van der Waals surface area (Å²) in [7, 11) is 3.77. The summed E-state index contributed by atoms with van der Waals surface area (Å²) in [6.45, 7) is 0.797. The van der Waals surface area contributed by atoms with Gasteiger partial charge in [-0.1, -0.05) is 36.4 Å². The van der Waals surface area contributed by atoms with Crippen LogP contribution in [-0.4, -0.2) is 48.2 Å². The number of hydrogen-bond donors (Lipinski definition) is 1. The average molecular weight is 300 g/mol. The first-order chi connectivity index (χ1) is 10.5. The number of nitrogens with zero attached hydrogens (tertiary/aromatic N) is 2. The Balaban J connectivity index is 2.32. The van der Waals surface area contributed by atoms with Crippen molar-refractivity contribution in [3.05, 3.63) is 66.0 Å². The Hall–Kier alpha value is -2.24. The molecular weight excluding hydrogens is 280 g/mol. The second-order valence-corrected chi connectivity index (χ2v) is 5.26. The summed E-state index contributed by atoms with van der Waals surface area (Å²) < 4.78 is 5.27. The minimum atomic E-state index is -1.86. The second kappa shape index (κ2) is 7.15. The van der Waals surface area contributed by atoms with Crippen LogP contribution in [0, 0.1) is 0 Å². The second-order valence-electron chi connectivity index (χ2n) is 5.26. The maximum atomic E-state index is 12.5. The van der Waals surface area contributed by atoms with Crippen molar-refractivity contribution in [1.29, 1.82) is 0 Å². The maximum Gasteiger partial charge on any atom is 0.347 e. The third-order valence-corrected chi connectivity index (χ3v) is 3.34. The van der Waals surface area contributed by atoms with Crippen LogP contribution in [0.3, 0.4) is 0 Å². The fourth-order valence-electron chi connectivity index (χ4n) is 2.08. The molecule has 2 rings (SSSR count). The van der Waals surface area contributed by atoms with Crippen molar-refractivity contribution in [3.8, 4) is 0 Å². The fourth-order valence-corrected chi connectivity index (χ4v) is 2.08. The van der Waals surface area contributed by atoms with Crippen LogP contribution in [0.15, 0.2) is 54.9 Å². The van der Waals surface area contributed by atoms with Crippen molar-refractivity contribution in [2.45, 2.75) is 5.60 Å². The molecular formula is C17H20N2O3. The van der Waals surface area contributed by atoms with Crippen molar-refractivity contribution >= 4 is 5.97 Å². The van der Waals surface area contributed by atoms with Gasteiger partial charge in [-0.05, 0) is 25.7 Å². The molecule has 0 amide bonds. The summed E-state index contributed by atoms with van der Waals surface area (Å²) in [6.07, 6.45) is 3.06. The highest BCUT2D eigenvalue weighted by Crippen LogP contribution is 2.30. The van der Waals surface area contributed by atoms with Crippen LogP contribution in [0.4, 0.5) is 0 Å². The molecule has 1 unspecified atom stereocenters. The van der Waals surface area contributed by atoms with Gasteiger partial charge in [0.1, 0.15) is 6.61 Å². The van der Waals surface area contributed by atoms with Crippen LogP contribution in [0.2, 0.25) is 0 Å². The van der Waals surface area contributed by atoms with Gasteiger partial charge in [-0.2, -0.15) is 0 Å². The number of likely N-dealkylation sites (N-methyl/N-ethyl adjacent to an activating group) is 1. The number of benzene rings is 1. The molecule has 5 heteroatoms. The van der Waals surface area contributed by atoms with Crippen molar-refractivity contribution in [2.24, 2.45) is 0 Å². The van der Waals surface area contributed by atoms with E-state index in [1.54, 1.807) is 42.6 Å². The zero-order valence-electron chi connectivity index (χ0n) is 12.8. The number of pyridine rings is 1. The van der Waals surface area contributed by atoms with E-state index in [9.17, 15) is 9.90 Å². The molecule has 5 nitrogen and oxygen atoms in total. The number of rotatable bonds is 6. The van der Waals surface area contributed by atoms with Crippen LogP contribution in [0.5, 0.6) is 0 Å². The summed E-state index contributed by atoms with van der Waals surface area (Å²) in [5, 5.41) is 11.1. The van der Waals surface area contributed by atoms with Gasteiger partial charge in [0.15, 0.2) is 0 Å². The zero-order chi connectivity index (χ0) is 16.0. The number of aromatic nitrogens is 1. The van der Waals surface area contributed by atoms with Crippen LogP contribution in [0.25, 0.3) is 0 Å². The van der Waals surface area contributed by atoms with E-state index in [1.807, 2.05) is 25.1 Å². The predicted molar refractivity (Wildman–Crippen MR) is 83.2 cm³/mol. The minimum Gasteiger partial charge on any atom is -0.462 e. The smallest absolute Gasteiger partial charge is 0.347 e. The first kappa shape index (κ1) is 16.1. The number of carbonyl (C=O) groups excluding carboxylic acids is 1. The molecule has 0 aliphatic rings. The molecule has 1 atom stereocenters. The van der Waals surface area contributed by atoms with Gasteiger partial charge in [-0.3, -0.25) is 4.98 Å². The molecule has 0 spiro atoms. The van der Waals surface area contributed by atoms with Gasteiger partial charge in [0.05, 0.1) is 0 Å². The van der Waals surface area contributed by atoms with Gasteiger partial charge in [0.25, 0.3) is 0 Å². The Bertz CT molecular complexity index is 560. The van der Waals surface area contributed by atoms with Crippen LogP contribution < -0.4 is 0 Å². The summed E-state index contributed by atoms with van der Waals surface area (Å²) in [5.74, 6) is -0.700. The summed E-state index contributed by atoms with van der Waals surface area (Å²) >= 11 is 0. The van der Waals surface area contributed by atoms with Crippen LogP contribution in [0.1, 0.15) is 11.1 Å². The highest BCUT2D eigenvalue weighted by Gasteiger charge is 2.41. The normalized spacial score (nSPS) is 13.6. The first-order valence-electron chi connectivity index (χ1n) is 7.05. The number of ether oxygens (including phenoxy) is 1. The lowest BCUT2D eigenvalue weighted by molar-refractivity contribution is -0.162. The molecule has 0 bridgehead atoms. The van der Waals surface area contributed by atoms with Crippen molar-refractivity contribution in [1.82, 2.24) is 9.88 Å². The van der Waals surface area contributed by atoms with E-state index < -0.39 is 11.6 Å². The lowest BCUT2D eigenvalue weighted by Gasteiger charge is -2.27. The molecule has 22 heavy (non-hydrogen) atoms. The maximum absolute atomic E-state index is 12.5. The fraction of sp³-hybridized carbons (Fsp3) is 0.294. The molecule has 116 valence electrons. The third-order valence-electron chi connectivity index (χ3n) is 3.34. The van der Waals surface area contributed by atoms with E-state index in [-0.39, 0.29) is 6.61 Å². The predicted octanol–water partition coefficient (Wildman–Crippen LogP) is 1.42. The number of esters is 1. The molecule has 0 fully saturated rings. The third kappa shape index (κ3) is 3.50. The number of carbonyl (C=O) groups is 1. The molecule has 0 aliphatic heterocycles. The van der Waals surface area contributed by atoms with E-state index in [4.69, 9.17) is 4.74 Å². The highest BCUT2D eigenvalue weighted by molar-refractivity contribution is 5.85. The summed E-state index contributed by atoms with van der Waals surface area (Å²) in [4.78, 5) is 18.4. The lowest BCUT2D eigenvalue weighted by atomic mass is 9.87. The Kier molecular flexibility index (Phi) is 5.25. The van der Waals surface area contributed by atoms with E-state index in [0.717, 1.165) is 0 Å². The van der Waals surface area contributed by atoms with Gasteiger partial charge in [0.2, 0.25) is 5.60 Å². The van der Waals surface area contributed by atoms with Crippen LogP contribution in [-0.2, 0) is 15.1 Å².